The molecule has 42 heavy (non-hydrogen) atoms. The third kappa shape index (κ3) is 8.17. The van der Waals surface area contributed by atoms with Crippen molar-refractivity contribution >= 4 is 39.1 Å². The molecular formula is C31H38ClN3O6S. The van der Waals surface area contributed by atoms with E-state index in [1.807, 2.05) is 13.8 Å². The van der Waals surface area contributed by atoms with Gasteiger partial charge in [-0.1, -0.05) is 54.8 Å². The number of carbonyl (C=O) groups is 2. The monoisotopic (exact) mass is 615 g/mol. The van der Waals surface area contributed by atoms with Crippen molar-refractivity contribution in [3.63, 3.8) is 0 Å². The van der Waals surface area contributed by atoms with Crippen LogP contribution in [-0.2, 0) is 26.2 Å². The average Bonchev–Trinajstić information content (AvgIpc) is 2.99. The Morgan fingerprint density at radius 2 is 1.64 bits per heavy atom. The van der Waals surface area contributed by atoms with Gasteiger partial charge < -0.3 is 19.7 Å². The number of halogens is 1. The number of carbonyl (C=O) groups excluding carboxylic acids is 2. The van der Waals surface area contributed by atoms with Crippen LogP contribution in [0.4, 0.5) is 5.69 Å². The number of rotatable bonds is 14. The summed E-state index contributed by atoms with van der Waals surface area (Å²) in [4.78, 5) is 28.6. The van der Waals surface area contributed by atoms with E-state index < -0.39 is 28.5 Å². The first-order valence-electron chi connectivity index (χ1n) is 13.6. The lowest BCUT2D eigenvalue weighted by Gasteiger charge is -2.32. The maximum atomic E-state index is 14.1. The standard InChI is InChI=1S/C31H38ClN3O6S/c1-6-7-18-33-31(37)23(3)34(20-24-10-12-25(32)13-11-24)30(36)21-35(28-19-26(40-4)14-17-29(28)41-5)42(38,39)27-15-8-22(2)9-16-27/h8-17,19,23H,6-7,18,20-21H2,1-5H3,(H,33,37)/t23-/m1/s1. The number of aryl methyl sites for hydroxylation is 1. The van der Waals surface area contributed by atoms with E-state index in [4.69, 9.17) is 21.1 Å². The second-order valence-corrected chi connectivity index (χ2v) is 12.1. The Morgan fingerprint density at radius 3 is 2.24 bits per heavy atom. The van der Waals surface area contributed by atoms with Crippen LogP contribution in [0.3, 0.4) is 0 Å². The Hall–Kier alpha value is -3.76. The van der Waals surface area contributed by atoms with Gasteiger partial charge in [0.25, 0.3) is 10.0 Å². The Morgan fingerprint density at radius 1 is 0.976 bits per heavy atom. The zero-order chi connectivity index (χ0) is 30.9. The number of anilines is 1. The summed E-state index contributed by atoms with van der Waals surface area (Å²) in [7, 11) is -1.39. The number of unbranched alkanes of at least 4 members (excludes halogenated alkanes) is 1. The van der Waals surface area contributed by atoms with E-state index in [9.17, 15) is 18.0 Å². The largest absolute Gasteiger partial charge is 0.497 e. The molecule has 0 fully saturated rings. The van der Waals surface area contributed by atoms with Crippen LogP contribution < -0.4 is 19.1 Å². The quantitative estimate of drug-likeness (QED) is 0.250. The van der Waals surface area contributed by atoms with Crippen LogP contribution in [0.5, 0.6) is 11.5 Å². The molecule has 3 aromatic rings. The molecule has 0 aliphatic rings. The molecule has 0 aromatic heterocycles. The molecule has 0 bridgehead atoms. The van der Waals surface area contributed by atoms with Gasteiger partial charge in [0.2, 0.25) is 11.8 Å². The number of hydrogen-bond acceptors (Lipinski definition) is 6. The number of nitrogens with one attached hydrogen (secondary N) is 1. The lowest BCUT2D eigenvalue weighted by atomic mass is 10.1. The van der Waals surface area contributed by atoms with Crippen molar-refractivity contribution in [2.75, 3.05) is 31.6 Å². The van der Waals surface area contributed by atoms with Gasteiger partial charge in [-0.25, -0.2) is 8.42 Å². The smallest absolute Gasteiger partial charge is 0.264 e. The van der Waals surface area contributed by atoms with E-state index in [0.29, 0.717) is 17.3 Å². The second-order valence-electron chi connectivity index (χ2n) is 9.83. The summed E-state index contributed by atoms with van der Waals surface area (Å²) in [5.41, 5.74) is 1.73. The molecule has 2 amide bonds. The fourth-order valence-electron chi connectivity index (χ4n) is 4.25. The molecule has 0 saturated carbocycles. The Labute approximate surface area is 253 Å². The van der Waals surface area contributed by atoms with Gasteiger partial charge >= 0.3 is 0 Å². The van der Waals surface area contributed by atoms with E-state index in [1.54, 1.807) is 55.5 Å². The van der Waals surface area contributed by atoms with Gasteiger partial charge in [0.05, 0.1) is 24.8 Å². The molecule has 1 N–H and O–H groups in total. The van der Waals surface area contributed by atoms with Crippen LogP contribution in [0.2, 0.25) is 5.02 Å². The highest BCUT2D eigenvalue weighted by molar-refractivity contribution is 7.92. The highest BCUT2D eigenvalue weighted by atomic mass is 35.5. The van der Waals surface area contributed by atoms with Crippen LogP contribution in [0.25, 0.3) is 0 Å². The fourth-order valence-corrected chi connectivity index (χ4v) is 5.79. The summed E-state index contributed by atoms with van der Waals surface area (Å²) in [5.74, 6) is -0.306. The molecule has 0 radical (unpaired) electrons. The summed E-state index contributed by atoms with van der Waals surface area (Å²) in [6, 6.07) is 17.1. The number of sulfonamides is 1. The topological polar surface area (TPSA) is 105 Å². The minimum Gasteiger partial charge on any atom is -0.497 e. The summed E-state index contributed by atoms with van der Waals surface area (Å²) < 4.78 is 40.1. The molecule has 0 aliphatic heterocycles. The highest BCUT2D eigenvalue weighted by Crippen LogP contribution is 2.36. The van der Waals surface area contributed by atoms with Crippen LogP contribution in [-0.4, -0.2) is 58.5 Å². The first-order valence-corrected chi connectivity index (χ1v) is 15.5. The van der Waals surface area contributed by atoms with Crippen molar-refractivity contribution in [1.82, 2.24) is 10.2 Å². The zero-order valence-corrected chi connectivity index (χ0v) is 26.2. The van der Waals surface area contributed by atoms with Gasteiger partial charge in [0.15, 0.2) is 0 Å². The van der Waals surface area contributed by atoms with Crippen LogP contribution in [0.15, 0.2) is 71.6 Å². The van der Waals surface area contributed by atoms with Crippen molar-refractivity contribution < 1.29 is 27.5 Å². The third-order valence-corrected chi connectivity index (χ3v) is 8.83. The number of hydrogen-bond donors (Lipinski definition) is 1. The normalized spacial score (nSPS) is 11.9. The molecule has 0 unspecified atom stereocenters. The summed E-state index contributed by atoms with van der Waals surface area (Å²) in [5, 5.41) is 3.40. The number of methoxy groups -OCH3 is 2. The predicted octanol–water partition coefficient (Wildman–Crippen LogP) is 5.19. The lowest BCUT2D eigenvalue weighted by Crippen LogP contribution is -2.51. The first-order chi connectivity index (χ1) is 20.0. The van der Waals surface area contributed by atoms with Crippen molar-refractivity contribution in [1.29, 1.82) is 0 Å². The van der Waals surface area contributed by atoms with E-state index >= 15 is 0 Å². The lowest BCUT2D eigenvalue weighted by molar-refractivity contribution is -0.139. The number of amides is 2. The first kappa shape index (κ1) is 32.8. The van der Waals surface area contributed by atoms with Gasteiger partial charge in [-0.2, -0.15) is 0 Å². The van der Waals surface area contributed by atoms with Gasteiger partial charge in [-0.15, -0.1) is 0 Å². The minimum absolute atomic E-state index is 0.000353. The van der Waals surface area contributed by atoms with Crippen molar-refractivity contribution in [2.24, 2.45) is 0 Å². The van der Waals surface area contributed by atoms with E-state index in [0.717, 1.165) is 28.3 Å². The fraction of sp³-hybridized carbons (Fsp3) is 0.355. The number of ether oxygens (including phenoxy) is 2. The SMILES string of the molecule is CCCCNC(=O)[C@@H](C)N(Cc1ccc(Cl)cc1)C(=O)CN(c1cc(OC)ccc1OC)S(=O)(=O)c1ccc(C)cc1. The Kier molecular flexibility index (Phi) is 11.6. The summed E-state index contributed by atoms with van der Waals surface area (Å²) >= 11 is 6.06. The summed E-state index contributed by atoms with van der Waals surface area (Å²) in [6.45, 7) is 5.43. The van der Waals surface area contributed by atoms with Crippen molar-refractivity contribution in [3.8, 4) is 11.5 Å². The molecule has 9 nitrogen and oxygen atoms in total. The van der Waals surface area contributed by atoms with E-state index in [1.165, 1.54) is 37.3 Å². The molecule has 1 atom stereocenters. The van der Waals surface area contributed by atoms with Crippen LogP contribution >= 0.6 is 11.6 Å². The van der Waals surface area contributed by atoms with Gasteiger partial charge in [-0.3, -0.25) is 13.9 Å². The Bertz CT molecular complexity index is 1460. The Balaban J connectivity index is 2.09. The molecule has 0 aliphatic carbocycles. The number of benzene rings is 3. The van der Waals surface area contributed by atoms with Crippen LogP contribution in [0.1, 0.15) is 37.8 Å². The number of nitrogens with zero attached hydrogens (tertiary/aromatic N) is 2. The van der Waals surface area contributed by atoms with Crippen molar-refractivity contribution in [3.05, 3.63) is 82.9 Å². The van der Waals surface area contributed by atoms with E-state index in [-0.39, 0.29) is 28.8 Å². The zero-order valence-electron chi connectivity index (χ0n) is 24.6. The molecule has 3 rings (SSSR count). The highest BCUT2D eigenvalue weighted by Gasteiger charge is 2.34. The van der Waals surface area contributed by atoms with Gasteiger partial charge in [0.1, 0.15) is 24.1 Å². The van der Waals surface area contributed by atoms with Gasteiger partial charge in [0, 0.05) is 24.2 Å². The second kappa shape index (κ2) is 14.9. The molecule has 226 valence electrons. The molecule has 0 saturated heterocycles. The van der Waals surface area contributed by atoms with Crippen molar-refractivity contribution in [2.45, 2.75) is 51.1 Å². The van der Waals surface area contributed by atoms with Gasteiger partial charge in [-0.05, 0) is 62.2 Å². The molecule has 0 heterocycles. The molecule has 3 aromatic carbocycles. The maximum absolute atomic E-state index is 14.1. The van der Waals surface area contributed by atoms with Crippen LogP contribution in [0, 0.1) is 6.92 Å². The molecule has 11 heteroatoms. The minimum atomic E-state index is -4.27. The third-order valence-electron chi connectivity index (χ3n) is 6.81. The molecular weight excluding hydrogens is 578 g/mol. The molecule has 0 spiro atoms. The summed E-state index contributed by atoms with van der Waals surface area (Å²) in [6.07, 6.45) is 1.69. The maximum Gasteiger partial charge on any atom is 0.264 e. The average molecular weight is 616 g/mol. The van der Waals surface area contributed by atoms with E-state index in [2.05, 4.69) is 5.32 Å². The predicted molar refractivity (Wildman–Crippen MR) is 165 cm³/mol.